The molecule has 0 radical (unpaired) electrons. The summed E-state index contributed by atoms with van der Waals surface area (Å²) in [5.41, 5.74) is 0. The van der Waals surface area contributed by atoms with E-state index in [1.54, 1.807) is 14.2 Å². The summed E-state index contributed by atoms with van der Waals surface area (Å²) in [7, 11) is 1.71. The maximum atomic E-state index is 5.47. The number of nitrogens with one attached hydrogen (secondary N) is 1. The van der Waals surface area contributed by atoms with Crippen LogP contribution in [0.3, 0.4) is 0 Å². The zero-order valence-corrected chi connectivity index (χ0v) is 12.1. The van der Waals surface area contributed by atoms with Gasteiger partial charge >= 0.3 is 8.56 Å². The quantitative estimate of drug-likeness (QED) is 0.552. The average molecular weight is 245 g/mol. The fourth-order valence-electron chi connectivity index (χ4n) is 2.31. The lowest BCUT2D eigenvalue weighted by Crippen LogP contribution is -2.38. The van der Waals surface area contributed by atoms with E-state index in [1.807, 2.05) is 0 Å². The lowest BCUT2D eigenvalue weighted by molar-refractivity contribution is 0.248. The molecule has 0 aromatic carbocycles. The van der Waals surface area contributed by atoms with E-state index in [0.29, 0.717) is 0 Å². The molecule has 0 atom stereocenters. The van der Waals surface area contributed by atoms with Gasteiger partial charge in [-0.2, -0.15) is 0 Å². The highest BCUT2D eigenvalue weighted by Crippen LogP contribution is 2.18. The molecule has 96 valence electrons. The summed E-state index contributed by atoms with van der Waals surface area (Å²) in [6.07, 6.45) is 8.13. The first-order valence-electron chi connectivity index (χ1n) is 6.54. The topological polar surface area (TPSA) is 30.5 Å². The third kappa shape index (κ3) is 4.95. The Balaban J connectivity index is 2.06. The van der Waals surface area contributed by atoms with Crippen LogP contribution in [0, 0.1) is 0 Å². The van der Waals surface area contributed by atoms with Crippen molar-refractivity contribution in [2.45, 2.75) is 57.2 Å². The molecule has 1 rings (SSSR count). The molecule has 4 heteroatoms. The van der Waals surface area contributed by atoms with E-state index in [4.69, 9.17) is 8.85 Å². The summed E-state index contributed by atoms with van der Waals surface area (Å²) in [5.74, 6) is 0. The standard InChI is InChI=1S/C12H27NO2Si/c1-14-16(3,15-2)11-7-10-13-12-8-5-4-6-9-12/h12-13H,4-11H2,1-3H3. The van der Waals surface area contributed by atoms with Crippen molar-refractivity contribution >= 4 is 8.56 Å². The smallest absolute Gasteiger partial charge is 0.334 e. The van der Waals surface area contributed by atoms with Gasteiger partial charge in [0, 0.05) is 20.3 Å². The van der Waals surface area contributed by atoms with Gasteiger partial charge < -0.3 is 14.2 Å². The highest BCUT2D eigenvalue weighted by Gasteiger charge is 2.27. The van der Waals surface area contributed by atoms with Crippen molar-refractivity contribution in [2.24, 2.45) is 0 Å². The highest BCUT2D eigenvalue weighted by molar-refractivity contribution is 6.65. The summed E-state index contributed by atoms with van der Waals surface area (Å²) in [4.78, 5) is 0. The second-order valence-electron chi connectivity index (χ2n) is 4.93. The molecule has 0 heterocycles. The minimum atomic E-state index is -1.82. The molecule has 1 saturated carbocycles. The van der Waals surface area contributed by atoms with E-state index >= 15 is 0 Å². The Morgan fingerprint density at radius 2 is 1.75 bits per heavy atom. The van der Waals surface area contributed by atoms with Crippen LogP contribution in [0.15, 0.2) is 0 Å². The first kappa shape index (κ1) is 14.2. The van der Waals surface area contributed by atoms with Crippen LogP contribution in [0.4, 0.5) is 0 Å². The van der Waals surface area contributed by atoms with Crippen LogP contribution in [0.2, 0.25) is 12.6 Å². The second kappa shape index (κ2) is 7.43. The van der Waals surface area contributed by atoms with Crippen molar-refractivity contribution in [1.82, 2.24) is 5.32 Å². The molecule has 0 aliphatic heterocycles. The number of hydrogen-bond acceptors (Lipinski definition) is 3. The van der Waals surface area contributed by atoms with Crippen molar-refractivity contribution in [2.75, 3.05) is 20.8 Å². The molecule has 0 aromatic rings. The molecule has 0 unspecified atom stereocenters. The second-order valence-corrected chi connectivity index (χ2v) is 8.52. The SMILES string of the molecule is CO[Si](C)(CCCNC1CCCCC1)OC. The van der Waals surface area contributed by atoms with Gasteiger partial charge in [-0.05, 0) is 38.4 Å². The normalized spacial score (nSPS) is 18.9. The van der Waals surface area contributed by atoms with Crippen molar-refractivity contribution in [3.8, 4) is 0 Å². The monoisotopic (exact) mass is 245 g/mol. The van der Waals surface area contributed by atoms with Gasteiger partial charge in [0.05, 0.1) is 0 Å². The van der Waals surface area contributed by atoms with Crippen molar-refractivity contribution < 1.29 is 8.85 Å². The number of rotatable bonds is 7. The van der Waals surface area contributed by atoms with Gasteiger partial charge in [-0.1, -0.05) is 19.3 Å². The van der Waals surface area contributed by atoms with Crippen LogP contribution >= 0.6 is 0 Å². The molecule has 16 heavy (non-hydrogen) atoms. The van der Waals surface area contributed by atoms with Crippen molar-refractivity contribution in [3.63, 3.8) is 0 Å². The maximum absolute atomic E-state index is 5.47. The molecule has 3 nitrogen and oxygen atoms in total. The van der Waals surface area contributed by atoms with Gasteiger partial charge in [-0.3, -0.25) is 0 Å². The Hall–Kier alpha value is 0.0969. The molecule has 0 saturated heterocycles. The average Bonchev–Trinajstić information content (AvgIpc) is 2.36. The minimum Gasteiger partial charge on any atom is -0.398 e. The summed E-state index contributed by atoms with van der Waals surface area (Å²) in [6.45, 7) is 3.24. The lowest BCUT2D eigenvalue weighted by Gasteiger charge is -2.25. The highest BCUT2D eigenvalue weighted by atomic mass is 28.4. The Kier molecular flexibility index (Phi) is 6.57. The van der Waals surface area contributed by atoms with Gasteiger partial charge in [0.1, 0.15) is 0 Å². The molecule has 0 spiro atoms. The first-order chi connectivity index (χ1) is 7.70. The molecule has 1 aliphatic carbocycles. The molecule has 1 N–H and O–H groups in total. The third-order valence-corrected chi connectivity index (χ3v) is 6.70. The van der Waals surface area contributed by atoms with E-state index in [0.717, 1.165) is 18.6 Å². The molecule has 1 fully saturated rings. The van der Waals surface area contributed by atoms with Crippen LogP contribution < -0.4 is 5.32 Å². The third-order valence-electron chi connectivity index (χ3n) is 3.71. The van der Waals surface area contributed by atoms with Gasteiger partial charge in [0.2, 0.25) is 0 Å². The van der Waals surface area contributed by atoms with Gasteiger partial charge in [0.15, 0.2) is 0 Å². The van der Waals surface area contributed by atoms with Crippen LogP contribution in [0.25, 0.3) is 0 Å². The van der Waals surface area contributed by atoms with E-state index in [9.17, 15) is 0 Å². The van der Waals surface area contributed by atoms with Crippen LogP contribution in [-0.2, 0) is 8.85 Å². The van der Waals surface area contributed by atoms with Gasteiger partial charge in [-0.15, -0.1) is 0 Å². The fraction of sp³-hybridized carbons (Fsp3) is 1.00. The Morgan fingerprint density at radius 1 is 1.12 bits per heavy atom. The van der Waals surface area contributed by atoms with Crippen molar-refractivity contribution in [3.05, 3.63) is 0 Å². The summed E-state index contributed by atoms with van der Waals surface area (Å²) in [6, 6.07) is 1.85. The molecule has 0 amide bonds. The zero-order valence-electron chi connectivity index (χ0n) is 11.1. The molecule has 0 aromatic heterocycles. The summed E-state index contributed by atoms with van der Waals surface area (Å²) < 4.78 is 10.9. The predicted molar refractivity (Wildman–Crippen MR) is 69.9 cm³/mol. The maximum Gasteiger partial charge on any atom is 0.334 e. The molecular formula is C12H27NO2Si. The molecule has 0 bridgehead atoms. The van der Waals surface area contributed by atoms with Gasteiger partial charge in [-0.25, -0.2) is 0 Å². The zero-order chi connectivity index (χ0) is 11.9. The van der Waals surface area contributed by atoms with Crippen LogP contribution in [-0.4, -0.2) is 35.4 Å². The van der Waals surface area contributed by atoms with Crippen LogP contribution in [0.1, 0.15) is 38.5 Å². The minimum absolute atomic E-state index is 0.770. The van der Waals surface area contributed by atoms with E-state index in [-0.39, 0.29) is 0 Å². The Labute approximate surface area is 101 Å². The van der Waals surface area contributed by atoms with Gasteiger partial charge in [0.25, 0.3) is 0 Å². The summed E-state index contributed by atoms with van der Waals surface area (Å²) >= 11 is 0. The first-order valence-corrected chi connectivity index (χ1v) is 9.06. The Bertz CT molecular complexity index is 180. The van der Waals surface area contributed by atoms with E-state index in [1.165, 1.54) is 38.5 Å². The molecular weight excluding hydrogens is 218 g/mol. The molecule has 1 aliphatic rings. The van der Waals surface area contributed by atoms with E-state index in [2.05, 4.69) is 11.9 Å². The predicted octanol–water partition coefficient (Wildman–Crippen LogP) is 2.66. The fourth-order valence-corrected chi connectivity index (χ4v) is 3.70. The van der Waals surface area contributed by atoms with E-state index < -0.39 is 8.56 Å². The summed E-state index contributed by atoms with van der Waals surface area (Å²) in [5, 5.41) is 3.65. The number of hydrogen-bond donors (Lipinski definition) is 1. The Morgan fingerprint density at radius 3 is 2.31 bits per heavy atom. The lowest BCUT2D eigenvalue weighted by atomic mass is 9.95. The van der Waals surface area contributed by atoms with Crippen molar-refractivity contribution in [1.29, 1.82) is 0 Å². The largest absolute Gasteiger partial charge is 0.398 e. The van der Waals surface area contributed by atoms with Crippen LogP contribution in [0.5, 0.6) is 0 Å².